The Hall–Kier alpha value is -1.30. The first-order valence-corrected chi connectivity index (χ1v) is 8.17. The summed E-state index contributed by atoms with van der Waals surface area (Å²) in [6.45, 7) is 0.710. The van der Waals surface area contributed by atoms with E-state index in [1.807, 2.05) is 17.0 Å². The van der Waals surface area contributed by atoms with Crippen LogP contribution in [0.2, 0.25) is 10.0 Å². The van der Waals surface area contributed by atoms with Crippen LogP contribution in [0.5, 0.6) is 0 Å². The van der Waals surface area contributed by atoms with Gasteiger partial charge in [-0.15, -0.1) is 11.3 Å². The van der Waals surface area contributed by atoms with Gasteiger partial charge in [-0.1, -0.05) is 29.3 Å². The third-order valence-corrected chi connectivity index (χ3v) is 5.00. The highest BCUT2D eigenvalue weighted by Crippen LogP contribution is 2.35. The summed E-state index contributed by atoms with van der Waals surface area (Å²) < 4.78 is 0. The molecule has 0 spiro atoms. The molecule has 1 atom stereocenters. The van der Waals surface area contributed by atoms with Crippen LogP contribution in [0.15, 0.2) is 23.6 Å². The number of nitrogens with two attached hydrogens (primary N) is 1. The normalized spacial score (nSPS) is 18.2. The molecule has 1 amide bonds. The van der Waals surface area contributed by atoms with Gasteiger partial charge in [-0.3, -0.25) is 4.79 Å². The summed E-state index contributed by atoms with van der Waals surface area (Å²) in [5.41, 5.74) is 7.01. The quantitative estimate of drug-likeness (QED) is 0.897. The van der Waals surface area contributed by atoms with Gasteiger partial charge >= 0.3 is 0 Å². The fourth-order valence-corrected chi connectivity index (χ4v) is 3.45. The van der Waals surface area contributed by atoms with Crippen LogP contribution in [0.4, 0.5) is 5.13 Å². The van der Waals surface area contributed by atoms with Crippen molar-refractivity contribution in [2.24, 2.45) is 0 Å². The molecule has 1 aliphatic heterocycles. The second kappa shape index (κ2) is 5.83. The van der Waals surface area contributed by atoms with Crippen LogP contribution >= 0.6 is 34.5 Å². The van der Waals surface area contributed by atoms with Crippen LogP contribution in [0.1, 0.15) is 34.9 Å². The van der Waals surface area contributed by atoms with E-state index < -0.39 is 0 Å². The number of thiazole rings is 1. The van der Waals surface area contributed by atoms with E-state index >= 15 is 0 Å². The van der Waals surface area contributed by atoms with Gasteiger partial charge in [-0.05, 0) is 30.5 Å². The Kier molecular flexibility index (Phi) is 4.06. The maximum Gasteiger partial charge on any atom is 0.273 e. The Morgan fingerprint density at radius 2 is 2.19 bits per heavy atom. The molecule has 2 N–H and O–H groups in total. The zero-order chi connectivity index (χ0) is 15.0. The van der Waals surface area contributed by atoms with Crippen LogP contribution in [-0.4, -0.2) is 22.3 Å². The molecule has 21 heavy (non-hydrogen) atoms. The number of amides is 1. The number of halogens is 2. The van der Waals surface area contributed by atoms with Crippen LogP contribution in [0.3, 0.4) is 0 Å². The van der Waals surface area contributed by atoms with E-state index in [9.17, 15) is 4.79 Å². The Labute approximate surface area is 136 Å². The smallest absolute Gasteiger partial charge is 0.273 e. The maximum atomic E-state index is 12.6. The van der Waals surface area contributed by atoms with Crippen molar-refractivity contribution in [2.45, 2.75) is 18.9 Å². The van der Waals surface area contributed by atoms with Crippen molar-refractivity contribution in [3.05, 3.63) is 44.9 Å². The van der Waals surface area contributed by atoms with Crippen molar-refractivity contribution < 1.29 is 4.79 Å². The molecule has 110 valence electrons. The van der Waals surface area contributed by atoms with Gasteiger partial charge < -0.3 is 10.6 Å². The first kappa shape index (κ1) is 14.6. The number of hydrogen-bond acceptors (Lipinski definition) is 4. The molecule has 4 nitrogen and oxygen atoms in total. The molecule has 2 heterocycles. The highest BCUT2D eigenvalue weighted by Gasteiger charge is 2.31. The fourth-order valence-electron chi connectivity index (χ4n) is 2.61. The van der Waals surface area contributed by atoms with E-state index in [1.54, 1.807) is 11.4 Å². The maximum absolute atomic E-state index is 12.6. The molecular weight excluding hydrogens is 329 g/mol. The number of benzene rings is 1. The third kappa shape index (κ3) is 2.86. The number of nitrogen functional groups attached to an aromatic ring is 1. The van der Waals surface area contributed by atoms with Crippen molar-refractivity contribution in [1.29, 1.82) is 0 Å². The highest BCUT2D eigenvalue weighted by atomic mass is 35.5. The lowest BCUT2D eigenvalue weighted by atomic mass is 10.0. The largest absolute Gasteiger partial charge is 0.375 e. The average molecular weight is 342 g/mol. The van der Waals surface area contributed by atoms with Crippen LogP contribution < -0.4 is 5.73 Å². The predicted octanol–water partition coefficient (Wildman–Crippen LogP) is 4.01. The fraction of sp³-hybridized carbons (Fsp3) is 0.286. The summed E-state index contributed by atoms with van der Waals surface area (Å²) in [4.78, 5) is 18.5. The van der Waals surface area contributed by atoms with Crippen molar-refractivity contribution >= 4 is 45.6 Å². The Bertz CT molecular complexity index is 689. The third-order valence-electron chi connectivity index (χ3n) is 3.58. The van der Waals surface area contributed by atoms with Gasteiger partial charge in [0.25, 0.3) is 5.91 Å². The molecule has 0 saturated carbocycles. The van der Waals surface area contributed by atoms with Gasteiger partial charge in [0.15, 0.2) is 5.13 Å². The van der Waals surface area contributed by atoms with Crippen molar-refractivity contribution in [3.8, 4) is 0 Å². The van der Waals surface area contributed by atoms with E-state index in [-0.39, 0.29) is 11.9 Å². The summed E-state index contributed by atoms with van der Waals surface area (Å²) in [6.07, 6.45) is 1.86. The lowest BCUT2D eigenvalue weighted by molar-refractivity contribution is 0.0730. The van der Waals surface area contributed by atoms with E-state index in [0.717, 1.165) is 18.4 Å². The van der Waals surface area contributed by atoms with Crippen molar-refractivity contribution in [3.63, 3.8) is 0 Å². The monoisotopic (exact) mass is 341 g/mol. The van der Waals surface area contributed by atoms with Crippen LogP contribution in [0, 0.1) is 0 Å². The van der Waals surface area contributed by atoms with Crippen molar-refractivity contribution in [2.75, 3.05) is 12.3 Å². The van der Waals surface area contributed by atoms with Crippen molar-refractivity contribution in [1.82, 2.24) is 9.88 Å². The minimum absolute atomic E-state index is 0.00944. The number of carbonyl (C=O) groups is 1. The number of hydrogen-bond donors (Lipinski definition) is 1. The first-order chi connectivity index (χ1) is 10.1. The Balaban J connectivity index is 1.88. The molecule has 0 radical (unpaired) electrons. The van der Waals surface area contributed by atoms with Gasteiger partial charge in [-0.2, -0.15) is 0 Å². The Morgan fingerprint density at radius 3 is 2.86 bits per heavy atom. The molecular formula is C14H13Cl2N3OS. The van der Waals surface area contributed by atoms with E-state index in [2.05, 4.69) is 4.98 Å². The summed E-state index contributed by atoms with van der Waals surface area (Å²) in [6, 6.07) is 5.52. The molecule has 0 bridgehead atoms. The molecule has 1 aliphatic rings. The van der Waals surface area contributed by atoms with Gasteiger partial charge in [0.05, 0.1) is 16.1 Å². The van der Waals surface area contributed by atoms with Gasteiger partial charge in [-0.25, -0.2) is 4.98 Å². The lowest BCUT2D eigenvalue weighted by Crippen LogP contribution is -2.30. The lowest BCUT2D eigenvalue weighted by Gasteiger charge is -2.24. The molecule has 1 fully saturated rings. The number of rotatable bonds is 2. The summed E-state index contributed by atoms with van der Waals surface area (Å²) in [7, 11) is 0. The number of nitrogens with zero attached hydrogens (tertiary/aromatic N) is 2. The zero-order valence-corrected chi connectivity index (χ0v) is 13.4. The molecule has 0 aliphatic carbocycles. The minimum Gasteiger partial charge on any atom is -0.375 e. The molecule has 3 rings (SSSR count). The number of anilines is 1. The van der Waals surface area contributed by atoms with Gasteiger partial charge in [0, 0.05) is 11.9 Å². The minimum atomic E-state index is -0.0866. The number of likely N-dealkylation sites (tertiary alicyclic amines) is 1. The standard InChI is InChI=1S/C14H13Cl2N3OS/c15-9-4-3-8(6-10(9)16)12-2-1-5-19(12)13(20)11-7-21-14(17)18-11/h3-4,6-7,12H,1-2,5H2,(H2,17,18). The second-order valence-electron chi connectivity index (χ2n) is 4.90. The summed E-state index contributed by atoms with van der Waals surface area (Å²) in [5, 5.41) is 3.13. The topological polar surface area (TPSA) is 59.2 Å². The van der Waals surface area contributed by atoms with E-state index in [0.29, 0.717) is 27.4 Å². The van der Waals surface area contributed by atoms with E-state index in [4.69, 9.17) is 28.9 Å². The number of aromatic nitrogens is 1. The van der Waals surface area contributed by atoms with Crippen LogP contribution in [-0.2, 0) is 0 Å². The molecule has 1 unspecified atom stereocenters. The van der Waals surface area contributed by atoms with Crippen LogP contribution in [0.25, 0.3) is 0 Å². The first-order valence-electron chi connectivity index (χ1n) is 6.53. The summed E-state index contributed by atoms with van der Waals surface area (Å²) in [5.74, 6) is -0.0866. The van der Waals surface area contributed by atoms with Gasteiger partial charge in [0.1, 0.15) is 5.69 Å². The SMILES string of the molecule is Nc1nc(C(=O)N2CCCC2c2ccc(Cl)c(Cl)c2)cs1. The average Bonchev–Trinajstić information content (AvgIpc) is 3.10. The zero-order valence-electron chi connectivity index (χ0n) is 11.1. The van der Waals surface area contributed by atoms with E-state index in [1.165, 1.54) is 11.3 Å². The molecule has 1 aromatic carbocycles. The molecule has 7 heteroatoms. The Morgan fingerprint density at radius 1 is 1.38 bits per heavy atom. The summed E-state index contributed by atoms with van der Waals surface area (Å²) >= 11 is 13.3. The number of carbonyl (C=O) groups excluding carboxylic acids is 1. The predicted molar refractivity (Wildman–Crippen MR) is 86.0 cm³/mol. The highest BCUT2D eigenvalue weighted by molar-refractivity contribution is 7.13. The van der Waals surface area contributed by atoms with Gasteiger partial charge in [0.2, 0.25) is 0 Å². The molecule has 1 aromatic heterocycles. The molecule has 1 saturated heterocycles. The second-order valence-corrected chi connectivity index (χ2v) is 6.61. The molecule has 2 aromatic rings.